The lowest BCUT2D eigenvalue weighted by Gasteiger charge is -2.09. The minimum absolute atomic E-state index is 0.0198. The molecule has 1 aromatic rings. The number of hydrogen-bond donors (Lipinski definition) is 0. The molecule has 76 valence electrons. The molecule has 4 heteroatoms. The van der Waals surface area contributed by atoms with Crippen LogP contribution in [0.1, 0.15) is 11.5 Å². The third-order valence-electron chi connectivity index (χ3n) is 2.19. The fourth-order valence-electron chi connectivity index (χ4n) is 1.36. The van der Waals surface area contributed by atoms with E-state index in [4.69, 9.17) is 4.74 Å². The van der Waals surface area contributed by atoms with Crippen LogP contribution in [-0.2, 0) is 0 Å². The van der Waals surface area contributed by atoms with E-state index in [0.29, 0.717) is 0 Å². The van der Waals surface area contributed by atoms with E-state index < -0.39 is 6.03 Å². The number of benzene rings is 1. The summed E-state index contributed by atoms with van der Waals surface area (Å²) in [5.41, 5.74) is 1.04. The molecule has 1 heterocycles. The quantitative estimate of drug-likeness (QED) is 0.737. The van der Waals surface area contributed by atoms with Crippen LogP contribution in [0.15, 0.2) is 34.3 Å². The molecule has 0 saturated carbocycles. The smallest absolute Gasteiger partial charge is 0.366 e. The largest absolute Gasteiger partial charge is 0.497 e. The lowest BCUT2D eigenvalue weighted by Crippen LogP contribution is -2.08. The molecule has 0 bridgehead atoms. The topological polar surface area (TPSA) is 51.0 Å². The highest BCUT2D eigenvalue weighted by atomic mass is 16.5. The molecule has 1 aliphatic rings. The number of methoxy groups -OCH3 is 1. The van der Waals surface area contributed by atoms with Gasteiger partial charge in [-0.3, -0.25) is 0 Å². The molecule has 0 unspecified atom stereocenters. The number of ether oxygens (including phenoxy) is 1. The van der Waals surface area contributed by atoms with Crippen molar-refractivity contribution >= 4 is 18.5 Å². The van der Waals surface area contributed by atoms with Gasteiger partial charge in [0.25, 0.3) is 0 Å². The fourth-order valence-corrected chi connectivity index (χ4v) is 1.36. The Balaban J connectivity index is 2.20. The van der Waals surface area contributed by atoms with Gasteiger partial charge in [-0.25, -0.2) is 14.8 Å². The molecule has 2 rings (SSSR count). The van der Waals surface area contributed by atoms with E-state index in [1.165, 1.54) is 0 Å². The van der Waals surface area contributed by atoms with Crippen LogP contribution < -0.4 is 4.74 Å². The summed E-state index contributed by atoms with van der Waals surface area (Å²) in [6.45, 7) is 0. The van der Waals surface area contributed by atoms with E-state index in [0.717, 1.165) is 11.3 Å². The van der Waals surface area contributed by atoms with E-state index >= 15 is 0 Å². The van der Waals surface area contributed by atoms with E-state index in [9.17, 15) is 4.79 Å². The summed E-state index contributed by atoms with van der Waals surface area (Å²) >= 11 is 0. The number of nitrogens with zero attached hydrogens (tertiary/aromatic N) is 2. The molecular weight excluding hydrogens is 192 g/mol. The molecule has 0 atom stereocenters. The van der Waals surface area contributed by atoms with Crippen LogP contribution in [0.4, 0.5) is 4.79 Å². The van der Waals surface area contributed by atoms with Crippen molar-refractivity contribution in [3.63, 3.8) is 0 Å². The summed E-state index contributed by atoms with van der Waals surface area (Å²) in [4.78, 5) is 18.0. The molecule has 0 N–H and O–H groups in total. The van der Waals surface area contributed by atoms with Crippen molar-refractivity contribution in [2.45, 2.75) is 5.92 Å². The van der Waals surface area contributed by atoms with Gasteiger partial charge in [0.05, 0.1) is 13.0 Å². The molecule has 2 amide bonds. The highest BCUT2D eigenvalue weighted by Crippen LogP contribution is 2.18. The third-order valence-corrected chi connectivity index (χ3v) is 2.19. The summed E-state index contributed by atoms with van der Waals surface area (Å²) < 4.78 is 5.05. The fraction of sp³-hybridized carbons (Fsp3) is 0.182. The molecular formula is C11H10N2O2. The lowest BCUT2D eigenvalue weighted by molar-refractivity contribution is 0.257. The maximum Gasteiger partial charge on any atom is 0.366 e. The molecule has 1 aromatic carbocycles. The van der Waals surface area contributed by atoms with Gasteiger partial charge in [-0.05, 0) is 17.7 Å². The first-order valence-corrected chi connectivity index (χ1v) is 4.56. The molecule has 1 aliphatic heterocycles. The molecule has 0 aliphatic carbocycles. The van der Waals surface area contributed by atoms with Gasteiger partial charge in [0.2, 0.25) is 0 Å². The standard InChI is InChI=1S/C11H10N2O2/c1-15-10-4-2-8(3-5-10)9-6-12-11(14)13-7-9/h2-7,9H,1H3. The van der Waals surface area contributed by atoms with Gasteiger partial charge in [0.15, 0.2) is 0 Å². The van der Waals surface area contributed by atoms with Crippen molar-refractivity contribution in [1.29, 1.82) is 0 Å². The van der Waals surface area contributed by atoms with Crippen LogP contribution in [0.25, 0.3) is 0 Å². The Bertz CT molecular complexity index is 405. The Morgan fingerprint density at radius 1 is 1.13 bits per heavy atom. The minimum atomic E-state index is -0.445. The number of amides is 2. The van der Waals surface area contributed by atoms with Crippen LogP contribution in [0.2, 0.25) is 0 Å². The molecule has 0 spiro atoms. The minimum Gasteiger partial charge on any atom is -0.497 e. The van der Waals surface area contributed by atoms with E-state index in [1.54, 1.807) is 19.5 Å². The first-order valence-electron chi connectivity index (χ1n) is 4.56. The van der Waals surface area contributed by atoms with Crippen LogP contribution in [0, 0.1) is 0 Å². The Labute approximate surface area is 87.3 Å². The van der Waals surface area contributed by atoms with Crippen molar-refractivity contribution < 1.29 is 9.53 Å². The lowest BCUT2D eigenvalue weighted by atomic mass is 10.0. The van der Waals surface area contributed by atoms with Crippen LogP contribution in [0.5, 0.6) is 5.75 Å². The number of urea groups is 1. The zero-order valence-corrected chi connectivity index (χ0v) is 8.25. The predicted octanol–water partition coefficient (Wildman–Crippen LogP) is 2.05. The third kappa shape index (κ3) is 2.10. The highest BCUT2D eigenvalue weighted by molar-refractivity contribution is 6.03. The second-order valence-corrected chi connectivity index (χ2v) is 3.14. The zero-order chi connectivity index (χ0) is 10.7. The summed E-state index contributed by atoms with van der Waals surface area (Å²) in [5, 5.41) is 0. The first kappa shape index (κ1) is 9.58. The van der Waals surface area contributed by atoms with Gasteiger partial charge in [-0.15, -0.1) is 0 Å². The predicted molar refractivity (Wildman–Crippen MR) is 58.1 cm³/mol. The summed E-state index contributed by atoms with van der Waals surface area (Å²) in [6.07, 6.45) is 3.19. The Morgan fingerprint density at radius 3 is 2.27 bits per heavy atom. The highest BCUT2D eigenvalue weighted by Gasteiger charge is 2.11. The molecule has 0 saturated heterocycles. The normalized spacial score (nSPS) is 15.7. The molecule has 0 radical (unpaired) electrons. The molecule has 15 heavy (non-hydrogen) atoms. The van der Waals surface area contributed by atoms with Crippen molar-refractivity contribution in [3.05, 3.63) is 29.8 Å². The summed E-state index contributed by atoms with van der Waals surface area (Å²) in [6, 6.07) is 7.15. The Morgan fingerprint density at radius 2 is 1.73 bits per heavy atom. The second kappa shape index (κ2) is 4.04. The Kier molecular flexibility index (Phi) is 2.58. The monoisotopic (exact) mass is 202 g/mol. The van der Waals surface area contributed by atoms with E-state index in [2.05, 4.69) is 9.98 Å². The van der Waals surface area contributed by atoms with Crippen molar-refractivity contribution in [3.8, 4) is 5.75 Å². The van der Waals surface area contributed by atoms with E-state index in [1.807, 2.05) is 24.3 Å². The second-order valence-electron chi connectivity index (χ2n) is 3.14. The van der Waals surface area contributed by atoms with Gasteiger partial charge < -0.3 is 4.74 Å². The Hall–Kier alpha value is -1.97. The molecule has 0 fully saturated rings. The zero-order valence-electron chi connectivity index (χ0n) is 8.25. The summed E-state index contributed by atoms with van der Waals surface area (Å²) in [7, 11) is 1.62. The van der Waals surface area contributed by atoms with E-state index in [-0.39, 0.29) is 5.92 Å². The average Bonchev–Trinajstić information content (AvgIpc) is 2.30. The van der Waals surface area contributed by atoms with Crippen LogP contribution in [-0.4, -0.2) is 25.6 Å². The average molecular weight is 202 g/mol. The van der Waals surface area contributed by atoms with Gasteiger partial charge in [-0.1, -0.05) is 12.1 Å². The number of aliphatic imine (C=N–C) groups is 2. The van der Waals surface area contributed by atoms with Gasteiger partial charge in [0, 0.05) is 12.4 Å². The first-order chi connectivity index (χ1) is 7.29. The molecule has 0 aromatic heterocycles. The van der Waals surface area contributed by atoms with Crippen molar-refractivity contribution in [2.24, 2.45) is 9.98 Å². The van der Waals surface area contributed by atoms with Crippen molar-refractivity contribution in [2.75, 3.05) is 7.11 Å². The van der Waals surface area contributed by atoms with Gasteiger partial charge in [-0.2, -0.15) is 0 Å². The number of rotatable bonds is 2. The number of carbonyl (C=O) groups is 1. The van der Waals surface area contributed by atoms with Crippen LogP contribution >= 0.6 is 0 Å². The van der Waals surface area contributed by atoms with Gasteiger partial charge in [0.1, 0.15) is 5.75 Å². The maximum absolute atomic E-state index is 10.7. The maximum atomic E-state index is 10.7. The molecule has 4 nitrogen and oxygen atoms in total. The van der Waals surface area contributed by atoms with Gasteiger partial charge >= 0.3 is 6.03 Å². The number of carbonyl (C=O) groups excluding carboxylic acids is 1. The van der Waals surface area contributed by atoms with Crippen LogP contribution in [0.3, 0.4) is 0 Å². The van der Waals surface area contributed by atoms with Crippen molar-refractivity contribution in [1.82, 2.24) is 0 Å². The summed E-state index contributed by atoms with van der Waals surface area (Å²) in [5.74, 6) is 0.785. The SMILES string of the molecule is COc1ccc(C2C=NC(=O)N=C2)cc1. The number of hydrogen-bond acceptors (Lipinski definition) is 2.